The number of carbonyl (C=O) groups excluding carboxylic acids is 1. The van der Waals surface area contributed by atoms with Crippen LogP contribution in [0.2, 0.25) is 0 Å². The largest absolute Gasteiger partial charge is 0.379 e. The number of benzene rings is 1. The van der Waals surface area contributed by atoms with Gasteiger partial charge in [0.1, 0.15) is 0 Å². The standard InChI is InChI=1S/C18H24N2O3/c19-17(21)18(22)15(5-3-9-20-10-12-23-13-11-20)8-7-14-4-1-2-6-16(14)18/h1-2,4,6-8,15,22H,3,5,9-13H2,(H2,19,21). The van der Waals surface area contributed by atoms with Gasteiger partial charge in [-0.2, -0.15) is 0 Å². The Kier molecular flexibility index (Phi) is 4.80. The van der Waals surface area contributed by atoms with Crippen molar-refractivity contribution in [2.45, 2.75) is 18.4 Å². The summed E-state index contributed by atoms with van der Waals surface area (Å²) >= 11 is 0. The van der Waals surface area contributed by atoms with Gasteiger partial charge in [0.05, 0.1) is 13.2 Å². The van der Waals surface area contributed by atoms with Crippen molar-refractivity contribution in [3.8, 4) is 0 Å². The molecular formula is C18H24N2O3. The highest BCUT2D eigenvalue weighted by molar-refractivity contribution is 5.88. The number of carbonyl (C=O) groups is 1. The van der Waals surface area contributed by atoms with Crippen molar-refractivity contribution in [3.05, 3.63) is 41.5 Å². The molecule has 1 aromatic carbocycles. The number of morpholine rings is 1. The number of ether oxygens (including phenoxy) is 1. The third kappa shape index (κ3) is 3.17. The summed E-state index contributed by atoms with van der Waals surface area (Å²) in [5, 5.41) is 11.0. The van der Waals surface area contributed by atoms with Crippen LogP contribution in [0.4, 0.5) is 0 Å². The Hall–Kier alpha value is -1.69. The molecule has 5 heteroatoms. The van der Waals surface area contributed by atoms with Crippen LogP contribution in [-0.4, -0.2) is 48.8 Å². The summed E-state index contributed by atoms with van der Waals surface area (Å²) in [6, 6.07) is 7.41. The lowest BCUT2D eigenvalue weighted by Gasteiger charge is -2.36. The van der Waals surface area contributed by atoms with E-state index in [1.54, 1.807) is 6.07 Å². The molecule has 0 saturated carbocycles. The topological polar surface area (TPSA) is 75.8 Å². The molecule has 0 radical (unpaired) electrons. The Morgan fingerprint density at radius 3 is 2.83 bits per heavy atom. The van der Waals surface area contributed by atoms with Crippen LogP contribution in [-0.2, 0) is 15.1 Å². The second-order valence-electron chi connectivity index (χ2n) is 6.28. The van der Waals surface area contributed by atoms with Gasteiger partial charge in [-0.05, 0) is 24.9 Å². The minimum Gasteiger partial charge on any atom is -0.379 e. The smallest absolute Gasteiger partial charge is 0.254 e. The molecular weight excluding hydrogens is 292 g/mol. The maximum absolute atomic E-state index is 12.0. The van der Waals surface area contributed by atoms with Crippen LogP contribution in [0.5, 0.6) is 0 Å². The monoisotopic (exact) mass is 316 g/mol. The van der Waals surface area contributed by atoms with E-state index in [1.807, 2.05) is 30.4 Å². The van der Waals surface area contributed by atoms with Gasteiger partial charge >= 0.3 is 0 Å². The predicted octanol–water partition coefficient (Wildman–Crippen LogP) is 1.11. The fraction of sp³-hybridized carbons (Fsp3) is 0.500. The summed E-state index contributed by atoms with van der Waals surface area (Å²) in [7, 11) is 0. The number of aliphatic hydroxyl groups is 1. The van der Waals surface area contributed by atoms with Crippen molar-refractivity contribution in [3.63, 3.8) is 0 Å². The molecule has 3 N–H and O–H groups in total. The quantitative estimate of drug-likeness (QED) is 0.853. The number of hydrogen-bond donors (Lipinski definition) is 2. The number of hydrogen-bond acceptors (Lipinski definition) is 4. The zero-order valence-electron chi connectivity index (χ0n) is 13.3. The lowest BCUT2D eigenvalue weighted by molar-refractivity contribution is -0.142. The van der Waals surface area contributed by atoms with Gasteiger partial charge in [0.25, 0.3) is 5.91 Å². The van der Waals surface area contributed by atoms with Crippen LogP contribution in [0.3, 0.4) is 0 Å². The molecule has 0 spiro atoms. The first-order valence-corrected chi connectivity index (χ1v) is 8.22. The zero-order chi connectivity index (χ0) is 16.3. The Bertz CT molecular complexity index is 596. The number of amides is 1. The van der Waals surface area contributed by atoms with Crippen molar-refractivity contribution >= 4 is 12.0 Å². The molecule has 124 valence electrons. The van der Waals surface area contributed by atoms with Gasteiger partial charge in [0.2, 0.25) is 0 Å². The van der Waals surface area contributed by atoms with Crippen molar-refractivity contribution in [1.82, 2.24) is 4.90 Å². The van der Waals surface area contributed by atoms with Crippen LogP contribution in [0.15, 0.2) is 30.3 Å². The van der Waals surface area contributed by atoms with Crippen LogP contribution in [0, 0.1) is 5.92 Å². The highest BCUT2D eigenvalue weighted by Gasteiger charge is 2.45. The van der Waals surface area contributed by atoms with Gasteiger partial charge in [-0.25, -0.2) is 0 Å². The Morgan fingerprint density at radius 1 is 1.35 bits per heavy atom. The minimum absolute atomic E-state index is 0.282. The van der Waals surface area contributed by atoms with Crippen molar-refractivity contribution < 1.29 is 14.6 Å². The highest BCUT2D eigenvalue weighted by Crippen LogP contribution is 2.39. The van der Waals surface area contributed by atoms with E-state index in [-0.39, 0.29) is 5.92 Å². The predicted molar refractivity (Wildman–Crippen MR) is 88.6 cm³/mol. The van der Waals surface area contributed by atoms with Gasteiger partial charge in [0, 0.05) is 24.6 Å². The van der Waals surface area contributed by atoms with Crippen LogP contribution in [0.1, 0.15) is 24.0 Å². The minimum atomic E-state index is -1.61. The molecule has 2 unspecified atom stereocenters. The van der Waals surface area contributed by atoms with E-state index in [0.29, 0.717) is 5.56 Å². The molecule has 5 nitrogen and oxygen atoms in total. The summed E-state index contributed by atoms with van der Waals surface area (Å²) in [6.07, 6.45) is 5.53. The first-order chi connectivity index (χ1) is 11.1. The van der Waals surface area contributed by atoms with E-state index < -0.39 is 11.5 Å². The van der Waals surface area contributed by atoms with E-state index in [0.717, 1.165) is 51.3 Å². The van der Waals surface area contributed by atoms with Crippen molar-refractivity contribution in [2.24, 2.45) is 11.7 Å². The number of nitrogens with zero attached hydrogens (tertiary/aromatic N) is 1. The average molecular weight is 316 g/mol. The van der Waals surface area contributed by atoms with E-state index in [2.05, 4.69) is 4.90 Å². The molecule has 1 fully saturated rings. The van der Waals surface area contributed by atoms with E-state index >= 15 is 0 Å². The lowest BCUT2D eigenvalue weighted by Crippen LogP contribution is -2.48. The first kappa shape index (κ1) is 16.2. The summed E-state index contributed by atoms with van der Waals surface area (Å²) in [5.41, 5.74) is 5.43. The van der Waals surface area contributed by atoms with Gasteiger partial charge < -0.3 is 15.6 Å². The van der Waals surface area contributed by atoms with E-state index in [4.69, 9.17) is 10.5 Å². The molecule has 1 aromatic rings. The molecule has 0 aromatic heterocycles. The third-order valence-electron chi connectivity index (χ3n) is 4.88. The molecule has 23 heavy (non-hydrogen) atoms. The Balaban J connectivity index is 1.70. The molecule has 1 aliphatic heterocycles. The fourth-order valence-corrected chi connectivity index (χ4v) is 3.53. The maximum atomic E-state index is 12.0. The molecule has 3 rings (SSSR count). The van der Waals surface area contributed by atoms with Gasteiger partial charge in [-0.15, -0.1) is 0 Å². The lowest BCUT2D eigenvalue weighted by atomic mass is 9.73. The Morgan fingerprint density at radius 2 is 2.09 bits per heavy atom. The Labute approximate surface area is 136 Å². The third-order valence-corrected chi connectivity index (χ3v) is 4.88. The number of primary amides is 1. The molecule has 1 amide bonds. The van der Waals surface area contributed by atoms with Crippen molar-refractivity contribution in [2.75, 3.05) is 32.8 Å². The maximum Gasteiger partial charge on any atom is 0.254 e. The van der Waals surface area contributed by atoms with Crippen LogP contribution < -0.4 is 5.73 Å². The molecule has 2 aliphatic rings. The average Bonchev–Trinajstić information content (AvgIpc) is 2.58. The molecule has 2 atom stereocenters. The number of rotatable bonds is 5. The molecule has 0 bridgehead atoms. The first-order valence-electron chi connectivity index (χ1n) is 8.22. The molecule has 1 saturated heterocycles. The summed E-state index contributed by atoms with van der Waals surface area (Å²) in [6.45, 7) is 4.40. The number of fused-ring (bicyclic) bond motifs is 1. The summed E-state index contributed by atoms with van der Waals surface area (Å²) < 4.78 is 5.35. The SMILES string of the molecule is NC(=O)C1(O)c2ccccc2C=CC1CCCN1CCOCC1. The second-order valence-corrected chi connectivity index (χ2v) is 6.28. The van der Waals surface area contributed by atoms with E-state index in [9.17, 15) is 9.90 Å². The normalized spacial score (nSPS) is 27.6. The van der Waals surface area contributed by atoms with Crippen molar-refractivity contribution in [1.29, 1.82) is 0 Å². The highest BCUT2D eigenvalue weighted by atomic mass is 16.5. The fourth-order valence-electron chi connectivity index (χ4n) is 3.53. The molecule has 1 aliphatic carbocycles. The van der Waals surface area contributed by atoms with Gasteiger partial charge in [-0.1, -0.05) is 36.4 Å². The zero-order valence-corrected chi connectivity index (χ0v) is 13.3. The second kappa shape index (κ2) is 6.83. The number of nitrogens with two attached hydrogens (primary N) is 1. The van der Waals surface area contributed by atoms with Gasteiger partial charge in [-0.3, -0.25) is 9.69 Å². The van der Waals surface area contributed by atoms with Crippen LogP contribution >= 0.6 is 0 Å². The van der Waals surface area contributed by atoms with Crippen LogP contribution in [0.25, 0.3) is 6.08 Å². The summed E-state index contributed by atoms with van der Waals surface area (Å²) in [5.74, 6) is -0.957. The molecule has 1 heterocycles. The summed E-state index contributed by atoms with van der Waals surface area (Å²) in [4.78, 5) is 14.4. The van der Waals surface area contributed by atoms with Gasteiger partial charge in [0.15, 0.2) is 5.60 Å². The van der Waals surface area contributed by atoms with E-state index in [1.165, 1.54) is 0 Å².